The van der Waals surface area contributed by atoms with Gasteiger partial charge >= 0.3 is 0 Å². The molecule has 2 atom stereocenters. The number of anilines is 2. The molecule has 0 aliphatic carbocycles. The van der Waals surface area contributed by atoms with Gasteiger partial charge in [-0.1, -0.05) is 56.3 Å². The molecular weight excluding hydrogens is 412 g/mol. The van der Waals surface area contributed by atoms with Crippen molar-refractivity contribution in [1.82, 2.24) is 0 Å². The summed E-state index contributed by atoms with van der Waals surface area (Å²) in [6, 6.07) is 24.7. The zero-order valence-corrected chi connectivity index (χ0v) is 19.6. The lowest BCUT2D eigenvalue weighted by molar-refractivity contribution is -0.122. The average molecular weight is 443 g/mol. The quantitative estimate of drug-likeness (QED) is 0.497. The lowest BCUT2D eigenvalue weighted by atomic mass is 9.89. The zero-order chi connectivity index (χ0) is 23.5. The van der Waals surface area contributed by atoms with Crippen LogP contribution in [0.3, 0.4) is 0 Å². The molecule has 0 fully saturated rings. The Labute approximate surface area is 195 Å². The van der Waals surface area contributed by atoms with E-state index in [-0.39, 0.29) is 29.8 Å². The smallest absolute Gasteiger partial charge is 0.258 e. The minimum absolute atomic E-state index is 0.0702. The maximum atomic E-state index is 13.6. The summed E-state index contributed by atoms with van der Waals surface area (Å²) in [7, 11) is 1.59. The van der Waals surface area contributed by atoms with Crippen molar-refractivity contribution in [2.24, 2.45) is 5.92 Å². The van der Waals surface area contributed by atoms with E-state index >= 15 is 0 Å². The molecule has 0 radical (unpaired) electrons. The maximum Gasteiger partial charge on any atom is 0.258 e. The number of para-hydroxylation sites is 2. The van der Waals surface area contributed by atoms with Crippen LogP contribution < -0.4 is 14.5 Å². The number of ether oxygens (including phenoxy) is 1. The molecule has 2 amide bonds. The van der Waals surface area contributed by atoms with E-state index in [1.807, 2.05) is 103 Å². The highest BCUT2D eigenvalue weighted by Crippen LogP contribution is 2.43. The molecule has 5 heteroatoms. The molecule has 5 nitrogen and oxygen atoms in total. The van der Waals surface area contributed by atoms with Gasteiger partial charge in [0.25, 0.3) is 5.91 Å². The molecule has 3 aromatic rings. The third kappa shape index (κ3) is 4.36. The highest BCUT2D eigenvalue weighted by Gasteiger charge is 2.39. The first-order chi connectivity index (χ1) is 15.9. The van der Waals surface area contributed by atoms with Crippen LogP contribution in [0.2, 0.25) is 0 Å². The predicted octanol–water partition coefficient (Wildman–Crippen LogP) is 5.86. The van der Waals surface area contributed by atoms with E-state index in [4.69, 9.17) is 4.74 Å². The summed E-state index contributed by atoms with van der Waals surface area (Å²) in [5, 5.41) is 0. The van der Waals surface area contributed by atoms with Crippen LogP contribution in [0.15, 0.2) is 78.9 Å². The van der Waals surface area contributed by atoms with Gasteiger partial charge in [0.2, 0.25) is 5.91 Å². The SMILES string of the molecule is COc1cccc(C(=O)N2c3ccccc3[C@H](N(C(=O)C(C)C)c3ccccc3)C[C@@H]2C)c1. The van der Waals surface area contributed by atoms with Gasteiger partial charge < -0.3 is 14.5 Å². The number of hydrogen-bond acceptors (Lipinski definition) is 3. The number of benzene rings is 3. The van der Waals surface area contributed by atoms with Crippen molar-refractivity contribution in [3.8, 4) is 5.75 Å². The number of hydrogen-bond donors (Lipinski definition) is 0. The third-order valence-electron chi connectivity index (χ3n) is 6.17. The molecule has 0 aromatic heterocycles. The molecule has 0 saturated carbocycles. The van der Waals surface area contributed by atoms with Gasteiger partial charge in [0.1, 0.15) is 5.75 Å². The Morgan fingerprint density at radius 3 is 2.36 bits per heavy atom. The van der Waals surface area contributed by atoms with Crippen LogP contribution in [0, 0.1) is 5.92 Å². The Morgan fingerprint density at radius 2 is 1.67 bits per heavy atom. The Balaban J connectivity index is 1.79. The lowest BCUT2D eigenvalue weighted by Crippen LogP contribution is -2.48. The fraction of sp³-hybridized carbons (Fsp3) is 0.286. The van der Waals surface area contributed by atoms with Crippen LogP contribution in [0.1, 0.15) is 49.2 Å². The van der Waals surface area contributed by atoms with Gasteiger partial charge in [0.15, 0.2) is 0 Å². The third-order valence-corrected chi connectivity index (χ3v) is 6.17. The van der Waals surface area contributed by atoms with Gasteiger partial charge in [-0.15, -0.1) is 0 Å². The minimum atomic E-state index is -0.164. The van der Waals surface area contributed by atoms with E-state index in [1.54, 1.807) is 13.2 Å². The van der Waals surface area contributed by atoms with Crippen molar-refractivity contribution in [3.63, 3.8) is 0 Å². The van der Waals surface area contributed by atoms with Crippen LogP contribution >= 0.6 is 0 Å². The summed E-state index contributed by atoms with van der Waals surface area (Å²) in [6.45, 7) is 5.90. The van der Waals surface area contributed by atoms with Gasteiger partial charge in [-0.3, -0.25) is 9.59 Å². The van der Waals surface area contributed by atoms with E-state index in [2.05, 4.69) is 0 Å². The van der Waals surface area contributed by atoms with Crippen LogP contribution in [0.5, 0.6) is 5.75 Å². The second kappa shape index (κ2) is 9.49. The monoisotopic (exact) mass is 442 g/mol. The molecule has 0 spiro atoms. The standard InChI is InChI=1S/C28H30N2O3/c1-19(2)27(31)30(22-12-6-5-7-13-22)26-17-20(3)29(25-16-9-8-15-24(25)26)28(32)21-11-10-14-23(18-21)33-4/h5-16,18-20,26H,17H2,1-4H3/t20-,26+/m0/s1. The molecule has 0 saturated heterocycles. The Bertz CT molecular complexity index is 1140. The van der Waals surface area contributed by atoms with Crippen molar-refractivity contribution < 1.29 is 14.3 Å². The fourth-order valence-corrected chi connectivity index (χ4v) is 4.56. The number of carbonyl (C=O) groups is 2. The Morgan fingerprint density at radius 1 is 0.970 bits per heavy atom. The summed E-state index contributed by atoms with van der Waals surface area (Å²) in [6.07, 6.45) is 0.639. The number of fused-ring (bicyclic) bond motifs is 1. The van der Waals surface area contributed by atoms with E-state index in [0.717, 1.165) is 16.9 Å². The van der Waals surface area contributed by atoms with Crippen LogP contribution in [0.4, 0.5) is 11.4 Å². The van der Waals surface area contributed by atoms with Crippen LogP contribution in [-0.4, -0.2) is 25.0 Å². The molecule has 4 rings (SSSR count). The molecule has 3 aromatic carbocycles. The van der Waals surface area contributed by atoms with Crippen LogP contribution in [0.25, 0.3) is 0 Å². The first kappa shape index (κ1) is 22.6. The van der Waals surface area contributed by atoms with Gasteiger partial charge in [-0.25, -0.2) is 0 Å². The number of rotatable bonds is 5. The fourth-order valence-electron chi connectivity index (χ4n) is 4.56. The first-order valence-corrected chi connectivity index (χ1v) is 11.4. The summed E-state index contributed by atoms with van der Waals surface area (Å²) in [5.41, 5.74) is 3.26. The van der Waals surface area contributed by atoms with Crippen molar-refractivity contribution >= 4 is 23.2 Å². The highest BCUT2D eigenvalue weighted by molar-refractivity contribution is 6.08. The first-order valence-electron chi connectivity index (χ1n) is 11.4. The summed E-state index contributed by atoms with van der Waals surface area (Å²) < 4.78 is 5.32. The molecule has 170 valence electrons. The van der Waals surface area contributed by atoms with E-state index < -0.39 is 0 Å². The minimum Gasteiger partial charge on any atom is -0.497 e. The second-order valence-electron chi connectivity index (χ2n) is 8.76. The van der Waals surface area contributed by atoms with E-state index in [0.29, 0.717) is 17.7 Å². The largest absolute Gasteiger partial charge is 0.497 e. The average Bonchev–Trinajstić information content (AvgIpc) is 2.84. The van der Waals surface area contributed by atoms with Crippen molar-refractivity contribution in [2.45, 2.75) is 39.3 Å². The predicted molar refractivity (Wildman–Crippen MR) is 132 cm³/mol. The molecule has 33 heavy (non-hydrogen) atoms. The molecule has 0 N–H and O–H groups in total. The summed E-state index contributed by atoms with van der Waals surface area (Å²) in [5.74, 6) is 0.494. The molecule has 1 aliphatic heterocycles. The molecular formula is C28H30N2O3. The number of amides is 2. The van der Waals surface area contributed by atoms with Gasteiger partial charge in [0.05, 0.1) is 13.2 Å². The molecule has 0 unspecified atom stereocenters. The van der Waals surface area contributed by atoms with Crippen molar-refractivity contribution in [2.75, 3.05) is 16.9 Å². The Kier molecular flexibility index (Phi) is 6.50. The van der Waals surface area contributed by atoms with Crippen molar-refractivity contribution in [1.29, 1.82) is 0 Å². The van der Waals surface area contributed by atoms with Gasteiger partial charge in [0, 0.05) is 28.9 Å². The molecule has 1 heterocycles. The van der Waals surface area contributed by atoms with Gasteiger partial charge in [-0.2, -0.15) is 0 Å². The maximum absolute atomic E-state index is 13.6. The highest BCUT2D eigenvalue weighted by atomic mass is 16.5. The van der Waals surface area contributed by atoms with E-state index in [1.165, 1.54) is 0 Å². The zero-order valence-electron chi connectivity index (χ0n) is 19.6. The van der Waals surface area contributed by atoms with Crippen molar-refractivity contribution in [3.05, 3.63) is 90.0 Å². The Hall–Kier alpha value is -3.60. The number of carbonyl (C=O) groups excluding carboxylic acids is 2. The summed E-state index contributed by atoms with van der Waals surface area (Å²) in [4.78, 5) is 30.8. The topological polar surface area (TPSA) is 49.9 Å². The number of nitrogens with zero attached hydrogens (tertiary/aromatic N) is 2. The molecule has 0 bridgehead atoms. The number of methoxy groups -OCH3 is 1. The normalized spacial score (nSPS) is 17.4. The lowest BCUT2D eigenvalue weighted by Gasteiger charge is -2.44. The second-order valence-corrected chi connectivity index (χ2v) is 8.76. The van der Waals surface area contributed by atoms with Gasteiger partial charge in [-0.05, 0) is 55.3 Å². The molecule has 1 aliphatic rings. The van der Waals surface area contributed by atoms with Crippen LogP contribution in [-0.2, 0) is 4.79 Å². The summed E-state index contributed by atoms with van der Waals surface area (Å²) >= 11 is 0. The van der Waals surface area contributed by atoms with E-state index in [9.17, 15) is 9.59 Å².